The molecule has 0 saturated heterocycles. The summed E-state index contributed by atoms with van der Waals surface area (Å²) in [5, 5.41) is 0.403. The number of pyridine rings is 1. The van der Waals surface area contributed by atoms with Crippen LogP contribution < -0.4 is 11.3 Å². The Morgan fingerprint density at radius 2 is 1.42 bits per heavy atom. The highest BCUT2D eigenvalue weighted by Gasteiger charge is 2.13. The number of hydrogen-bond acceptors (Lipinski definition) is 3. The van der Waals surface area contributed by atoms with Gasteiger partial charge in [-0.25, -0.2) is 4.98 Å². The molecule has 1 rings (SSSR count). The largest absolute Gasteiger partial charge is 0.321 e. The molecule has 0 aliphatic carbocycles. The molecule has 0 spiro atoms. The van der Waals surface area contributed by atoms with Gasteiger partial charge in [-0.05, 0) is 0 Å². The van der Waals surface area contributed by atoms with Gasteiger partial charge in [0.1, 0.15) is 10.0 Å². The van der Waals surface area contributed by atoms with Crippen molar-refractivity contribution in [3.05, 3.63) is 20.4 Å². The van der Waals surface area contributed by atoms with Gasteiger partial charge in [-0.2, -0.15) is 0 Å². The lowest BCUT2D eigenvalue weighted by atomic mass is 10.4. The second-order valence-corrected chi connectivity index (χ2v) is 3.31. The molecule has 0 bridgehead atoms. The summed E-state index contributed by atoms with van der Waals surface area (Å²) in [5.41, 5.74) is 2.54. The van der Waals surface area contributed by atoms with E-state index < -0.39 is 0 Å². The molecule has 7 heteroatoms. The summed E-state index contributed by atoms with van der Waals surface area (Å²) in [4.78, 5) is 3.65. The molecule has 0 amide bonds. The maximum Gasteiger partial charge on any atom is 0.151 e. The summed E-state index contributed by atoms with van der Waals surface area (Å²) < 4.78 is 0. The third-order valence-corrected chi connectivity index (χ3v) is 2.62. The van der Waals surface area contributed by atoms with Gasteiger partial charge in [-0.1, -0.05) is 46.4 Å². The molecule has 0 fully saturated rings. The van der Waals surface area contributed by atoms with E-state index in [1.165, 1.54) is 0 Å². The van der Waals surface area contributed by atoms with Gasteiger partial charge in [0, 0.05) is 0 Å². The average Bonchev–Trinajstić information content (AvgIpc) is 2.02. The van der Waals surface area contributed by atoms with Crippen LogP contribution >= 0.6 is 46.4 Å². The molecule has 0 radical (unpaired) electrons. The number of halogens is 4. The summed E-state index contributed by atoms with van der Waals surface area (Å²) in [6, 6.07) is 0. The molecule has 0 saturated carbocycles. The van der Waals surface area contributed by atoms with Crippen LogP contribution in [0.2, 0.25) is 20.4 Å². The lowest BCUT2D eigenvalue weighted by Gasteiger charge is -2.07. The molecule has 1 aromatic rings. The van der Waals surface area contributed by atoms with Crippen LogP contribution in [0.4, 0.5) is 5.69 Å². The molecule has 0 atom stereocenters. The molecule has 66 valence electrons. The van der Waals surface area contributed by atoms with E-state index in [-0.39, 0.29) is 26.0 Å². The van der Waals surface area contributed by atoms with E-state index in [0.29, 0.717) is 0 Å². The van der Waals surface area contributed by atoms with E-state index >= 15 is 0 Å². The predicted molar refractivity (Wildman–Crippen MR) is 52.1 cm³/mol. The number of nitrogens with one attached hydrogen (secondary N) is 1. The topological polar surface area (TPSA) is 50.9 Å². The number of anilines is 1. The fourth-order valence-corrected chi connectivity index (χ4v) is 1.45. The number of nitrogens with two attached hydrogens (primary N) is 1. The van der Waals surface area contributed by atoms with E-state index in [1.54, 1.807) is 0 Å². The summed E-state index contributed by atoms with van der Waals surface area (Å²) in [6.45, 7) is 0. The molecule has 0 unspecified atom stereocenters. The zero-order valence-electron chi connectivity index (χ0n) is 5.54. The van der Waals surface area contributed by atoms with E-state index in [0.717, 1.165) is 0 Å². The number of aromatic nitrogens is 1. The van der Waals surface area contributed by atoms with Crippen LogP contribution in [0.15, 0.2) is 0 Å². The van der Waals surface area contributed by atoms with Gasteiger partial charge < -0.3 is 5.43 Å². The molecular formula is C5H3Cl4N3. The van der Waals surface area contributed by atoms with Gasteiger partial charge in [-0.15, -0.1) is 0 Å². The molecule has 0 aromatic carbocycles. The highest BCUT2D eigenvalue weighted by molar-refractivity contribution is 6.48. The lowest BCUT2D eigenvalue weighted by molar-refractivity contribution is 1.28. The Labute approximate surface area is 88.7 Å². The van der Waals surface area contributed by atoms with Crippen molar-refractivity contribution in [1.29, 1.82) is 0 Å². The standard InChI is InChI=1S/C5H3Cl4N3/c6-1-3(12-10)2(7)5(9)11-4(1)8/h10H2,(H,11,12). The third-order valence-electron chi connectivity index (χ3n) is 1.14. The monoisotopic (exact) mass is 245 g/mol. The van der Waals surface area contributed by atoms with Gasteiger partial charge in [0.25, 0.3) is 0 Å². The van der Waals surface area contributed by atoms with Crippen molar-refractivity contribution in [1.82, 2.24) is 4.98 Å². The second-order valence-electron chi connectivity index (χ2n) is 1.84. The highest BCUT2D eigenvalue weighted by atomic mass is 35.5. The average molecular weight is 247 g/mol. The third kappa shape index (κ3) is 1.70. The number of nitrogen functional groups attached to an aromatic ring is 1. The molecule has 1 heterocycles. The van der Waals surface area contributed by atoms with Crippen LogP contribution in [-0.2, 0) is 0 Å². The zero-order chi connectivity index (χ0) is 9.30. The molecule has 0 aliphatic heterocycles. The molecular weight excluding hydrogens is 244 g/mol. The minimum Gasteiger partial charge on any atom is -0.321 e. The lowest BCUT2D eigenvalue weighted by Crippen LogP contribution is -2.08. The van der Waals surface area contributed by atoms with E-state index in [9.17, 15) is 0 Å². The fourth-order valence-electron chi connectivity index (χ4n) is 0.614. The van der Waals surface area contributed by atoms with Gasteiger partial charge in [0.15, 0.2) is 10.3 Å². The Hall–Kier alpha value is 0.0700. The van der Waals surface area contributed by atoms with E-state index in [1.807, 2.05) is 0 Å². The van der Waals surface area contributed by atoms with E-state index in [2.05, 4.69) is 10.4 Å². The van der Waals surface area contributed by atoms with Crippen molar-refractivity contribution < 1.29 is 0 Å². The molecule has 12 heavy (non-hydrogen) atoms. The first-order chi connectivity index (χ1) is 5.57. The minimum absolute atomic E-state index is 0.0546. The van der Waals surface area contributed by atoms with Crippen molar-refractivity contribution in [2.45, 2.75) is 0 Å². The zero-order valence-corrected chi connectivity index (χ0v) is 8.56. The van der Waals surface area contributed by atoms with Gasteiger partial charge in [0.05, 0.1) is 5.69 Å². The van der Waals surface area contributed by atoms with Gasteiger partial charge in [-0.3, -0.25) is 5.84 Å². The Bertz CT molecular complexity index is 288. The minimum atomic E-state index is 0.0546. The molecule has 0 aliphatic rings. The number of hydrogen-bond donors (Lipinski definition) is 2. The van der Waals surface area contributed by atoms with Crippen molar-refractivity contribution in [3.8, 4) is 0 Å². The summed E-state index contributed by atoms with van der Waals surface area (Å²) in [5.74, 6) is 5.13. The Balaban J connectivity index is 3.42. The van der Waals surface area contributed by atoms with Crippen LogP contribution in [-0.4, -0.2) is 4.98 Å². The first-order valence-corrected chi connectivity index (χ1v) is 4.25. The maximum absolute atomic E-state index is 5.69. The quantitative estimate of drug-likeness (QED) is 0.455. The van der Waals surface area contributed by atoms with Crippen LogP contribution in [0, 0.1) is 0 Å². The molecule has 3 nitrogen and oxygen atoms in total. The predicted octanol–water partition coefficient (Wildman–Crippen LogP) is 2.98. The van der Waals surface area contributed by atoms with Crippen molar-refractivity contribution in [2.75, 3.05) is 5.43 Å². The van der Waals surface area contributed by atoms with Crippen LogP contribution in [0.25, 0.3) is 0 Å². The molecule has 3 N–H and O–H groups in total. The van der Waals surface area contributed by atoms with Crippen molar-refractivity contribution in [2.24, 2.45) is 5.84 Å². The summed E-state index contributed by atoms with van der Waals surface area (Å²) in [6.07, 6.45) is 0. The van der Waals surface area contributed by atoms with Crippen molar-refractivity contribution >= 4 is 52.1 Å². The summed E-state index contributed by atoms with van der Waals surface area (Å²) in [7, 11) is 0. The molecule has 1 aromatic heterocycles. The van der Waals surface area contributed by atoms with Crippen LogP contribution in [0.5, 0.6) is 0 Å². The first-order valence-electron chi connectivity index (χ1n) is 2.74. The van der Waals surface area contributed by atoms with Gasteiger partial charge in [0.2, 0.25) is 0 Å². The summed E-state index contributed by atoms with van der Waals surface area (Å²) >= 11 is 22.6. The fraction of sp³-hybridized carbons (Fsp3) is 0. The normalized spacial score (nSPS) is 10.1. The van der Waals surface area contributed by atoms with E-state index in [4.69, 9.17) is 52.2 Å². The first kappa shape index (κ1) is 10.2. The smallest absolute Gasteiger partial charge is 0.151 e. The Kier molecular flexibility index (Phi) is 3.26. The Morgan fingerprint density at radius 3 is 1.75 bits per heavy atom. The maximum atomic E-state index is 5.69. The number of hydrazine groups is 1. The second kappa shape index (κ2) is 3.85. The van der Waals surface area contributed by atoms with Crippen LogP contribution in [0.1, 0.15) is 0 Å². The number of rotatable bonds is 1. The van der Waals surface area contributed by atoms with Crippen LogP contribution in [0.3, 0.4) is 0 Å². The Morgan fingerprint density at radius 1 is 1.00 bits per heavy atom. The highest BCUT2D eigenvalue weighted by Crippen LogP contribution is 2.37. The van der Waals surface area contributed by atoms with Gasteiger partial charge >= 0.3 is 0 Å². The number of nitrogens with zero attached hydrogens (tertiary/aromatic N) is 1. The SMILES string of the molecule is NNc1c(Cl)c(Cl)nc(Cl)c1Cl. The van der Waals surface area contributed by atoms with Crippen molar-refractivity contribution in [3.63, 3.8) is 0 Å².